The van der Waals surface area contributed by atoms with Gasteiger partial charge in [-0.2, -0.15) is 0 Å². The van der Waals surface area contributed by atoms with Crippen LogP contribution in [0.4, 0.5) is 0 Å². The zero-order chi connectivity index (χ0) is 44.4. The van der Waals surface area contributed by atoms with E-state index >= 15 is 0 Å². The molecule has 0 spiro atoms. The fourth-order valence-corrected chi connectivity index (χ4v) is 6.30. The van der Waals surface area contributed by atoms with E-state index in [9.17, 15) is 14.4 Å². The van der Waals surface area contributed by atoms with E-state index in [1.54, 1.807) is 0 Å². The first kappa shape index (κ1) is 57.1. The minimum absolute atomic E-state index is 0.0974. The molecule has 0 aromatic carbocycles. The fraction of sp³-hybridized carbons (Fsp3) is 0.618. The number of carbonyl (C=O) groups excluding carboxylic acids is 3. The molecule has 0 saturated heterocycles. The van der Waals surface area contributed by atoms with Crippen LogP contribution in [0.1, 0.15) is 201 Å². The van der Waals surface area contributed by atoms with Gasteiger partial charge in [-0.1, -0.05) is 233 Å². The fourth-order valence-electron chi connectivity index (χ4n) is 6.30. The highest BCUT2D eigenvalue weighted by molar-refractivity contribution is 5.71. The highest BCUT2D eigenvalue weighted by Gasteiger charge is 2.19. The summed E-state index contributed by atoms with van der Waals surface area (Å²) in [5, 5.41) is 0. The van der Waals surface area contributed by atoms with E-state index in [1.807, 2.05) is 60.8 Å². The van der Waals surface area contributed by atoms with Gasteiger partial charge in [-0.25, -0.2) is 0 Å². The largest absolute Gasteiger partial charge is 0.462 e. The van der Waals surface area contributed by atoms with Crippen LogP contribution in [-0.4, -0.2) is 37.2 Å². The van der Waals surface area contributed by atoms with Crippen LogP contribution in [0, 0.1) is 0 Å². The topological polar surface area (TPSA) is 78.9 Å². The summed E-state index contributed by atoms with van der Waals surface area (Å²) in [5.41, 5.74) is 0. The van der Waals surface area contributed by atoms with Gasteiger partial charge in [0.1, 0.15) is 13.2 Å². The molecule has 0 fully saturated rings. The van der Waals surface area contributed by atoms with Crippen molar-refractivity contribution >= 4 is 17.9 Å². The smallest absolute Gasteiger partial charge is 0.306 e. The predicted molar refractivity (Wildman–Crippen MR) is 260 cm³/mol. The van der Waals surface area contributed by atoms with Gasteiger partial charge in [0.25, 0.3) is 0 Å². The maximum absolute atomic E-state index is 12.8. The Morgan fingerprint density at radius 1 is 0.344 bits per heavy atom. The molecule has 0 aromatic heterocycles. The highest BCUT2D eigenvalue weighted by atomic mass is 16.6. The molecule has 1 atom stereocenters. The van der Waals surface area contributed by atoms with Crippen molar-refractivity contribution in [2.75, 3.05) is 13.2 Å². The quantitative estimate of drug-likeness (QED) is 0.0264. The SMILES string of the molecule is CC\C=C/C=C\C=C/C=C\CCCCCCCC(=O)OC(COC(=O)CCCCCCC\C=C/C=C\C=C/C=C\C=C/CCC)COC(=O)CCCCCCCCCCCC. The van der Waals surface area contributed by atoms with E-state index in [2.05, 4.69) is 69.4 Å². The average molecular weight is 845 g/mol. The lowest BCUT2D eigenvalue weighted by atomic mass is 10.1. The maximum Gasteiger partial charge on any atom is 0.306 e. The lowest BCUT2D eigenvalue weighted by molar-refractivity contribution is -0.167. The Kier molecular flexibility index (Phi) is 45.6. The molecule has 0 aliphatic carbocycles. The number of esters is 3. The number of ether oxygens (including phenoxy) is 3. The highest BCUT2D eigenvalue weighted by Crippen LogP contribution is 2.14. The van der Waals surface area contributed by atoms with Gasteiger partial charge in [0.05, 0.1) is 0 Å². The average Bonchev–Trinajstić information content (AvgIpc) is 3.26. The molecule has 0 saturated carbocycles. The summed E-state index contributed by atoms with van der Waals surface area (Å²) in [4.78, 5) is 37.9. The van der Waals surface area contributed by atoms with Crippen molar-refractivity contribution in [3.05, 3.63) is 109 Å². The standard InChI is InChI=1S/C55H88O6/c1-4-7-10-13-16-19-22-24-26-27-28-30-31-33-36-39-42-45-48-54(57)60-51-52(50-59-53(56)47-44-41-38-35-21-18-15-12-9-6-3)61-55(58)49-46-43-40-37-34-32-29-25-23-20-17-14-11-8-5-2/h8,10-11,13-14,16-17,19-20,22-30,52H,4-7,9,12,15,18,21,31-51H2,1-3H3/b11-8-,13-10-,17-14-,19-16-,23-20-,24-22-,27-26-,29-25-,30-28-. The summed E-state index contributed by atoms with van der Waals surface area (Å²) in [6.45, 7) is 6.34. The van der Waals surface area contributed by atoms with Gasteiger partial charge in [-0.15, -0.1) is 0 Å². The van der Waals surface area contributed by atoms with E-state index in [0.717, 1.165) is 109 Å². The minimum atomic E-state index is -0.800. The molecule has 0 bridgehead atoms. The molecule has 0 aliphatic heterocycles. The lowest BCUT2D eigenvalue weighted by Gasteiger charge is -2.18. The first-order valence-corrected chi connectivity index (χ1v) is 24.5. The molecule has 0 N–H and O–H groups in total. The number of allylic oxidation sites excluding steroid dienone is 18. The van der Waals surface area contributed by atoms with Crippen LogP contribution in [0.5, 0.6) is 0 Å². The zero-order valence-electron chi connectivity index (χ0n) is 39.1. The van der Waals surface area contributed by atoms with Crippen molar-refractivity contribution in [2.45, 2.75) is 207 Å². The number of rotatable bonds is 42. The maximum atomic E-state index is 12.8. The number of hydrogen-bond donors (Lipinski definition) is 0. The second kappa shape index (κ2) is 48.7. The van der Waals surface area contributed by atoms with Crippen LogP contribution in [-0.2, 0) is 28.6 Å². The van der Waals surface area contributed by atoms with Crippen molar-refractivity contribution in [3.8, 4) is 0 Å². The third kappa shape index (κ3) is 47.0. The van der Waals surface area contributed by atoms with E-state index in [4.69, 9.17) is 14.2 Å². The molecule has 6 nitrogen and oxygen atoms in total. The van der Waals surface area contributed by atoms with Gasteiger partial charge in [0, 0.05) is 19.3 Å². The summed E-state index contributed by atoms with van der Waals surface area (Å²) in [5.74, 6) is -0.956. The number of hydrogen-bond acceptors (Lipinski definition) is 6. The molecular formula is C55H88O6. The third-order valence-corrected chi connectivity index (χ3v) is 9.97. The van der Waals surface area contributed by atoms with Gasteiger partial charge < -0.3 is 14.2 Å². The van der Waals surface area contributed by atoms with Crippen LogP contribution in [0.3, 0.4) is 0 Å². The van der Waals surface area contributed by atoms with Crippen LogP contribution in [0.25, 0.3) is 0 Å². The van der Waals surface area contributed by atoms with Crippen molar-refractivity contribution in [3.63, 3.8) is 0 Å². The minimum Gasteiger partial charge on any atom is -0.462 e. The van der Waals surface area contributed by atoms with Crippen LogP contribution >= 0.6 is 0 Å². The Morgan fingerprint density at radius 2 is 0.672 bits per heavy atom. The van der Waals surface area contributed by atoms with Crippen LogP contribution in [0.2, 0.25) is 0 Å². The molecule has 0 aromatic rings. The van der Waals surface area contributed by atoms with Crippen molar-refractivity contribution in [1.29, 1.82) is 0 Å². The molecule has 0 amide bonds. The molecular weight excluding hydrogens is 757 g/mol. The Hall–Kier alpha value is -3.93. The van der Waals surface area contributed by atoms with Gasteiger partial charge in [-0.3, -0.25) is 14.4 Å². The monoisotopic (exact) mass is 845 g/mol. The Labute approximate surface area is 374 Å². The second-order valence-corrected chi connectivity index (χ2v) is 15.9. The molecule has 0 heterocycles. The summed E-state index contributed by atoms with van der Waals surface area (Å²) in [6.07, 6.45) is 64.9. The van der Waals surface area contributed by atoms with Gasteiger partial charge in [-0.05, 0) is 57.8 Å². The van der Waals surface area contributed by atoms with E-state index in [-0.39, 0.29) is 31.1 Å². The molecule has 6 heteroatoms. The molecule has 1 unspecified atom stereocenters. The Balaban J connectivity index is 4.48. The molecule has 0 aliphatic rings. The summed E-state index contributed by atoms with van der Waals surface area (Å²) in [7, 11) is 0. The predicted octanol–water partition coefficient (Wildman–Crippen LogP) is 16.0. The first-order chi connectivity index (χ1) is 30.0. The first-order valence-electron chi connectivity index (χ1n) is 24.5. The van der Waals surface area contributed by atoms with E-state index < -0.39 is 6.10 Å². The number of carbonyl (C=O) groups is 3. The third-order valence-electron chi connectivity index (χ3n) is 9.97. The van der Waals surface area contributed by atoms with Crippen molar-refractivity contribution < 1.29 is 28.6 Å². The number of unbranched alkanes of at least 4 members (excludes halogenated alkanes) is 20. The molecule has 0 radical (unpaired) electrons. The second-order valence-electron chi connectivity index (χ2n) is 15.9. The molecule has 61 heavy (non-hydrogen) atoms. The van der Waals surface area contributed by atoms with Gasteiger partial charge >= 0.3 is 17.9 Å². The Morgan fingerprint density at radius 3 is 1.07 bits per heavy atom. The van der Waals surface area contributed by atoms with E-state index in [0.29, 0.717) is 19.3 Å². The summed E-state index contributed by atoms with van der Waals surface area (Å²) >= 11 is 0. The Bertz CT molecular complexity index is 1290. The van der Waals surface area contributed by atoms with E-state index in [1.165, 1.54) is 51.4 Å². The lowest BCUT2D eigenvalue weighted by Crippen LogP contribution is -2.30. The summed E-state index contributed by atoms with van der Waals surface area (Å²) < 4.78 is 16.7. The normalized spacial score (nSPS) is 13.0. The van der Waals surface area contributed by atoms with Gasteiger partial charge in [0.15, 0.2) is 6.10 Å². The summed E-state index contributed by atoms with van der Waals surface area (Å²) in [6, 6.07) is 0. The molecule has 344 valence electrons. The van der Waals surface area contributed by atoms with Crippen LogP contribution < -0.4 is 0 Å². The van der Waals surface area contributed by atoms with Gasteiger partial charge in [0.2, 0.25) is 0 Å². The van der Waals surface area contributed by atoms with Crippen molar-refractivity contribution in [2.24, 2.45) is 0 Å². The van der Waals surface area contributed by atoms with Crippen molar-refractivity contribution in [1.82, 2.24) is 0 Å². The molecule has 0 rings (SSSR count). The van der Waals surface area contributed by atoms with Crippen LogP contribution in [0.15, 0.2) is 109 Å². The zero-order valence-corrected chi connectivity index (χ0v) is 39.1.